The highest BCUT2D eigenvalue weighted by atomic mass is 16.1. The first-order chi connectivity index (χ1) is 8.22. The van der Waals surface area contributed by atoms with Crippen LogP contribution in [-0.4, -0.2) is 5.78 Å². The fourth-order valence-electron chi connectivity index (χ4n) is 2.06. The van der Waals surface area contributed by atoms with Crippen LogP contribution in [0.4, 0.5) is 0 Å². The van der Waals surface area contributed by atoms with Crippen molar-refractivity contribution >= 4 is 5.78 Å². The number of ketones is 1. The second-order valence-electron chi connectivity index (χ2n) is 4.87. The van der Waals surface area contributed by atoms with Gasteiger partial charge in [0.2, 0.25) is 0 Å². The van der Waals surface area contributed by atoms with E-state index in [2.05, 4.69) is 26.0 Å². The quantitative estimate of drug-likeness (QED) is 0.604. The first kappa shape index (κ1) is 14.0. The number of Topliss-reactive ketones (excluding diaryl/α,β-unsaturated/α-hetero) is 1. The number of hydrogen-bond acceptors (Lipinski definition) is 1. The van der Waals surface area contributed by atoms with Crippen LogP contribution in [0, 0.1) is 6.92 Å². The number of benzene rings is 1. The maximum Gasteiger partial charge on any atom is 0.137 e. The highest BCUT2D eigenvalue weighted by Gasteiger charge is 2.03. The lowest BCUT2D eigenvalue weighted by Crippen LogP contribution is -2.02. The Bertz CT molecular complexity index is 341. The summed E-state index contributed by atoms with van der Waals surface area (Å²) in [6.45, 7) is 4.28. The van der Waals surface area contributed by atoms with E-state index in [1.54, 1.807) is 0 Å². The van der Waals surface area contributed by atoms with Crippen LogP contribution in [0.1, 0.15) is 56.6 Å². The Labute approximate surface area is 105 Å². The third kappa shape index (κ3) is 6.25. The molecule has 1 nitrogen and oxygen atoms in total. The summed E-state index contributed by atoms with van der Waals surface area (Å²) >= 11 is 0. The Morgan fingerprint density at radius 3 is 2.59 bits per heavy atom. The Morgan fingerprint density at radius 1 is 1.12 bits per heavy atom. The minimum atomic E-state index is 0.382. The molecule has 0 aliphatic carbocycles. The van der Waals surface area contributed by atoms with Gasteiger partial charge in [-0.25, -0.2) is 0 Å². The van der Waals surface area contributed by atoms with E-state index in [0.717, 1.165) is 18.4 Å². The van der Waals surface area contributed by atoms with Gasteiger partial charge in [0, 0.05) is 12.8 Å². The third-order valence-corrected chi connectivity index (χ3v) is 3.04. The first-order valence-corrected chi connectivity index (χ1v) is 6.79. The minimum absolute atomic E-state index is 0.382. The van der Waals surface area contributed by atoms with Crippen LogP contribution < -0.4 is 0 Å². The standard InChI is InChI=1S/C16H24O/c1-3-4-5-6-7-11-16(17)13-15-10-8-9-14(2)12-15/h8-10,12H,3-7,11,13H2,1-2H3. The summed E-state index contributed by atoms with van der Waals surface area (Å²) < 4.78 is 0. The van der Waals surface area contributed by atoms with E-state index in [1.165, 1.54) is 31.2 Å². The topological polar surface area (TPSA) is 17.1 Å². The van der Waals surface area contributed by atoms with Crippen LogP contribution in [0.5, 0.6) is 0 Å². The molecule has 17 heavy (non-hydrogen) atoms. The number of carbonyl (C=O) groups excluding carboxylic acids is 1. The summed E-state index contributed by atoms with van der Waals surface area (Å²) in [5, 5.41) is 0. The molecule has 0 saturated carbocycles. The molecule has 0 aromatic heterocycles. The summed E-state index contributed by atoms with van der Waals surface area (Å²) in [7, 11) is 0. The number of rotatable bonds is 8. The molecule has 1 aromatic rings. The van der Waals surface area contributed by atoms with Crippen molar-refractivity contribution in [2.45, 2.75) is 58.8 Å². The molecule has 1 rings (SSSR count). The summed E-state index contributed by atoms with van der Waals surface area (Å²) in [5.74, 6) is 0.382. The molecule has 94 valence electrons. The maximum atomic E-state index is 11.8. The van der Waals surface area contributed by atoms with Gasteiger partial charge in [0.25, 0.3) is 0 Å². The number of aryl methyl sites for hydroxylation is 1. The number of carbonyl (C=O) groups is 1. The summed E-state index contributed by atoms with van der Waals surface area (Å²) in [5.41, 5.74) is 2.39. The largest absolute Gasteiger partial charge is 0.299 e. The van der Waals surface area contributed by atoms with Gasteiger partial charge < -0.3 is 0 Å². The molecule has 0 saturated heterocycles. The SMILES string of the molecule is CCCCCCCC(=O)Cc1cccc(C)c1. The highest BCUT2D eigenvalue weighted by Crippen LogP contribution is 2.09. The van der Waals surface area contributed by atoms with Gasteiger partial charge >= 0.3 is 0 Å². The van der Waals surface area contributed by atoms with Crippen LogP contribution in [0.2, 0.25) is 0 Å². The van der Waals surface area contributed by atoms with Gasteiger partial charge in [-0.1, -0.05) is 62.4 Å². The Balaban J connectivity index is 2.21. The van der Waals surface area contributed by atoms with E-state index in [9.17, 15) is 4.79 Å². The lowest BCUT2D eigenvalue weighted by Gasteiger charge is -2.02. The Hall–Kier alpha value is -1.11. The molecule has 1 aromatic carbocycles. The van der Waals surface area contributed by atoms with Gasteiger partial charge in [-0.3, -0.25) is 4.79 Å². The number of unbranched alkanes of at least 4 members (excludes halogenated alkanes) is 4. The Morgan fingerprint density at radius 2 is 1.88 bits per heavy atom. The van der Waals surface area contributed by atoms with Crippen molar-refractivity contribution in [3.8, 4) is 0 Å². The average Bonchev–Trinajstić information content (AvgIpc) is 2.29. The minimum Gasteiger partial charge on any atom is -0.299 e. The lowest BCUT2D eigenvalue weighted by atomic mass is 10.0. The first-order valence-electron chi connectivity index (χ1n) is 6.79. The van der Waals surface area contributed by atoms with Crippen molar-refractivity contribution in [3.63, 3.8) is 0 Å². The van der Waals surface area contributed by atoms with Crippen molar-refractivity contribution in [2.75, 3.05) is 0 Å². The summed E-state index contributed by atoms with van der Waals surface area (Å²) in [6, 6.07) is 8.24. The fourth-order valence-corrected chi connectivity index (χ4v) is 2.06. The third-order valence-electron chi connectivity index (χ3n) is 3.04. The lowest BCUT2D eigenvalue weighted by molar-refractivity contribution is -0.118. The molecule has 0 radical (unpaired) electrons. The Kier molecular flexibility index (Phi) is 6.61. The van der Waals surface area contributed by atoms with Crippen LogP contribution in [-0.2, 0) is 11.2 Å². The predicted molar refractivity (Wildman–Crippen MR) is 73.3 cm³/mol. The molecule has 1 heteroatoms. The second-order valence-corrected chi connectivity index (χ2v) is 4.87. The average molecular weight is 232 g/mol. The molecule has 0 aliphatic heterocycles. The molecule has 0 spiro atoms. The molecular weight excluding hydrogens is 208 g/mol. The zero-order valence-electron chi connectivity index (χ0n) is 11.2. The van der Waals surface area contributed by atoms with Gasteiger partial charge in [-0.2, -0.15) is 0 Å². The number of hydrogen-bond donors (Lipinski definition) is 0. The van der Waals surface area contributed by atoms with E-state index < -0.39 is 0 Å². The zero-order chi connectivity index (χ0) is 12.5. The van der Waals surface area contributed by atoms with E-state index in [4.69, 9.17) is 0 Å². The summed E-state index contributed by atoms with van der Waals surface area (Å²) in [4.78, 5) is 11.8. The van der Waals surface area contributed by atoms with Gasteiger partial charge in [0.1, 0.15) is 5.78 Å². The van der Waals surface area contributed by atoms with Crippen molar-refractivity contribution in [1.82, 2.24) is 0 Å². The van der Waals surface area contributed by atoms with Crippen molar-refractivity contribution < 1.29 is 4.79 Å². The van der Waals surface area contributed by atoms with Crippen LogP contribution in [0.25, 0.3) is 0 Å². The summed E-state index contributed by atoms with van der Waals surface area (Å²) in [6.07, 6.45) is 7.45. The fraction of sp³-hybridized carbons (Fsp3) is 0.562. The van der Waals surface area contributed by atoms with Crippen LogP contribution >= 0.6 is 0 Å². The molecule has 0 heterocycles. The predicted octanol–water partition coefficient (Wildman–Crippen LogP) is 4.47. The van der Waals surface area contributed by atoms with Gasteiger partial charge in [-0.05, 0) is 18.9 Å². The van der Waals surface area contributed by atoms with Crippen LogP contribution in [0.3, 0.4) is 0 Å². The van der Waals surface area contributed by atoms with E-state index in [-0.39, 0.29) is 0 Å². The van der Waals surface area contributed by atoms with E-state index in [1.807, 2.05) is 12.1 Å². The monoisotopic (exact) mass is 232 g/mol. The molecule has 0 amide bonds. The second kappa shape index (κ2) is 8.05. The van der Waals surface area contributed by atoms with Crippen LogP contribution in [0.15, 0.2) is 24.3 Å². The molecule has 0 aliphatic rings. The smallest absolute Gasteiger partial charge is 0.137 e. The van der Waals surface area contributed by atoms with Gasteiger partial charge in [-0.15, -0.1) is 0 Å². The van der Waals surface area contributed by atoms with Gasteiger partial charge in [0.05, 0.1) is 0 Å². The molecular formula is C16H24O. The van der Waals surface area contributed by atoms with Crippen molar-refractivity contribution in [1.29, 1.82) is 0 Å². The zero-order valence-corrected chi connectivity index (χ0v) is 11.2. The molecule has 0 atom stereocenters. The van der Waals surface area contributed by atoms with Gasteiger partial charge in [0.15, 0.2) is 0 Å². The molecule has 0 N–H and O–H groups in total. The normalized spacial score (nSPS) is 10.5. The molecule has 0 fully saturated rings. The van der Waals surface area contributed by atoms with Crippen molar-refractivity contribution in [2.24, 2.45) is 0 Å². The molecule has 0 bridgehead atoms. The van der Waals surface area contributed by atoms with E-state index in [0.29, 0.717) is 12.2 Å². The highest BCUT2D eigenvalue weighted by molar-refractivity contribution is 5.80. The maximum absolute atomic E-state index is 11.8. The van der Waals surface area contributed by atoms with Crippen molar-refractivity contribution in [3.05, 3.63) is 35.4 Å². The van der Waals surface area contributed by atoms with E-state index >= 15 is 0 Å². The molecule has 0 unspecified atom stereocenters.